The Morgan fingerprint density at radius 2 is 2.09 bits per heavy atom. The molecule has 0 aliphatic carbocycles. The molecule has 0 fully saturated rings. The summed E-state index contributed by atoms with van der Waals surface area (Å²) in [6, 6.07) is 9.87. The van der Waals surface area contributed by atoms with Gasteiger partial charge in [-0.1, -0.05) is 23.7 Å². The summed E-state index contributed by atoms with van der Waals surface area (Å²) in [6.07, 6.45) is 1.87. The highest BCUT2D eigenvalue weighted by molar-refractivity contribution is 6.35. The van der Waals surface area contributed by atoms with E-state index in [0.29, 0.717) is 11.6 Å². The number of anilines is 1. The molecule has 5 nitrogen and oxygen atoms in total. The summed E-state index contributed by atoms with van der Waals surface area (Å²) in [5, 5.41) is 15.1. The van der Waals surface area contributed by atoms with Gasteiger partial charge >= 0.3 is 0 Å². The van der Waals surface area contributed by atoms with E-state index < -0.39 is 0 Å². The second kappa shape index (κ2) is 5.26. The molecule has 2 aromatic heterocycles. The van der Waals surface area contributed by atoms with E-state index in [0.717, 1.165) is 35.5 Å². The smallest absolute Gasteiger partial charge is 0.129 e. The van der Waals surface area contributed by atoms with E-state index in [9.17, 15) is 0 Å². The van der Waals surface area contributed by atoms with Crippen molar-refractivity contribution in [2.45, 2.75) is 19.6 Å². The Bertz CT molecular complexity index is 845. The molecular weight excluding hydrogens is 300 g/mol. The Morgan fingerprint density at radius 1 is 1.18 bits per heavy atom. The van der Waals surface area contributed by atoms with Crippen molar-refractivity contribution < 1.29 is 5.11 Å². The number of aliphatic hydroxyl groups excluding tert-OH is 1. The minimum Gasteiger partial charge on any atom is -0.394 e. The lowest BCUT2D eigenvalue weighted by atomic mass is 10.2. The van der Waals surface area contributed by atoms with Gasteiger partial charge in [0.25, 0.3) is 0 Å². The van der Waals surface area contributed by atoms with Crippen LogP contribution in [0.4, 0.5) is 5.82 Å². The Hall–Kier alpha value is -2.11. The molecule has 0 spiro atoms. The fourth-order valence-corrected chi connectivity index (χ4v) is 3.16. The molecule has 6 heteroatoms. The minimum atomic E-state index is 0.0952. The number of aliphatic hydroxyl groups is 1. The van der Waals surface area contributed by atoms with Crippen molar-refractivity contribution in [3.8, 4) is 0 Å². The van der Waals surface area contributed by atoms with Gasteiger partial charge in [-0.3, -0.25) is 4.68 Å². The van der Waals surface area contributed by atoms with Gasteiger partial charge in [-0.2, -0.15) is 5.10 Å². The molecule has 3 aromatic rings. The molecule has 22 heavy (non-hydrogen) atoms. The summed E-state index contributed by atoms with van der Waals surface area (Å²) in [4.78, 5) is 6.91. The molecular formula is C16H15ClN4O. The summed E-state index contributed by atoms with van der Waals surface area (Å²) in [5.74, 6) is 0.910. The predicted molar refractivity (Wildman–Crippen MR) is 86.0 cm³/mol. The van der Waals surface area contributed by atoms with Crippen LogP contribution in [0.5, 0.6) is 0 Å². The van der Waals surface area contributed by atoms with Gasteiger partial charge in [0.15, 0.2) is 0 Å². The van der Waals surface area contributed by atoms with Gasteiger partial charge in [-0.05, 0) is 18.2 Å². The van der Waals surface area contributed by atoms with Crippen molar-refractivity contribution in [3.63, 3.8) is 0 Å². The summed E-state index contributed by atoms with van der Waals surface area (Å²) in [7, 11) is 0. The molecule has 4 rings (SSSR count). The predicted octanol–water partition coefficient (Wildman–Crippen LogP) is 2.60. The first-order valence-corrected chi connectivity index (χ1v) is 7.58. The van der Waals surface area contributed by atoms with Crippen LogP contribution in [0.3, 0.4) is 0 Å². The lowest BCUT2D eigenvalue weighted by Crippen LogP contribution is -2.18. The maximum absolute atomic E-state index is 9.10. The zero-order valence-electron chi connectivity index (χ0n) is 11.9. The van der Waals surface area contributed by atoms with E-state index in [4.69, 9.17) is 21.7 Å². The van der Waals surface area contributed by atoms with Gasteiger partial charge in [-0.25, -0.2) is 4.98 Å². The number of pyridine rings is 1. The molecule has 1 N–H and O–H groups in total. The fourth-order valence-electron chi connectivity index (χ4n) is 2.93. The van der Waals surface area contributed by atoms with Crippen LogP contribution in [0.2, 0.25) is 5.02 Å². The van der Waals surface area contributed by atoms with Gasteiger partial charge in [-0.15, -0.1) is 0 Å². The van der Waals surface area contributed by atoms with E-state index in [-0.39, 0.29) is 6.61 Å². The molecule has 0 unspecified atom stereocenters. The molecule has 1 aromatic carbocycles. The highest BCUT2D eigenvalue weighted by Gasteiger charge is 2.24. The summed E-state index contributed by atoms with van der Waals surface area (Å²) >= 11 is 6.25. The molecule has 0 radical (unpaired) electrons. The summed E-state index contributed by atoms with van der Waals surface area (Å²) in [5.41, 5.74) is 3.17. The largest absolute Gasteiger partial charge is 0.394 e. The average Bonchev–Trinajstić information content (AvgIpc) is 3.10. The van der Waals surface area contributed by atoms with Crippen molar-refractivity contribution >= 4 is 28.3 Å². The molecule has 0 bridgehead atoms. The van der Waals surface area contributed by atoms with E-state index in [1.165, 1.54) is 5.56 Å². The third kappa shape index (κ3) is 2.14. The van der Waals surface area contributed by atoms with E-state index in [2.05, 4.69) is 10.00 Å². The SMILES string of the molecule is OCCn1ncc2c1CN(c1ccc3cccc(Cl)c3n1)C2. The second-order valence-corrected chi connectivity index (χ2v) is 5.81. The first kappa shape index (κ1) is 13.5. The number of halogens is 1. The van der Waals surface area contributed by atoms with E-state index in [1.807, 2.05) is 41.2 Å². The van der Waals surface area contributed by atoms with Crippen molar-refractivity contribution in [1.82, 2.24) is 14.8 Å². The van der Waals surface area contributed by atoms with Gasteiger partial charge in [0, 0.05) is 17.5 Å². The van der Waals surface area contributed by atoms with Gasteiger partial charge in [0.2, 0.25) is 0 Å². The third-order valence-electron chi connectivity index (χ3n) is 4.03. The van der Waals surface area contributed by atoms with Gasteiger partial charge in [0.1, 0.15) is 5.82 Å². The summed E-state index contributed by atoms with van der Waals surface area (Å²) < 4.78 is 1.86. The number of para-hydroxylation sites is 1. The Morgan fingerprint density at radius 3 is 2.95 bits per heavy atom. The number of nitrogens with zero attached hydrogens (tertiary/aromatic N) is 4. The van der Waals surface area contributed by atoms with Crippen LogP contribution < -0.4 is 4.90 Å². The van der Waals surface area contributed by atoms with Gasteiger partial charge in [0.05, 0.1) is 42.1 Å². The maximum atomic E-state index is 9.10. The highest BCUT2D eigenvalue weighted by Crippen LogP contribution is 2.30. The zero-order valence-corrected chi connectivity index (χ0v) is 12.7. The quantitative estimate of drug-likeness (QED) is 0.807. The monoisotopic (exact) mass is 314 g/mol. The second-order valence-electron chi connectivity index (χ2n) is 5.40. The molecule has 0 saturated carbocycles. The standard InChI is InChI=1S/C16H15ClN4O/c17-13-3-1-2-11-4-5-15(19-16(11)13)20-9-12-8-18-21(6-7-22)14(12)10-20/h1-5,8,22H,6-7,9-10H2. The van der Waals surface area contributed by atoms with Crippen molar-refractivity contribution in [1.29, 1.82) is 0 Å². The molecule has 0 amide bonds. The number of fused-ring (bicyclic) bond motifs is 2. The Kier molecular flexibility index (Phi) is 3.24. The number of hydrogen-bond donors (Lipinski definition) is 1. The topological polar surface area (TPSA) is 54.2 Å². The first-order chi connectivity index (χ1) is 10.8. The van der Waals surface area contributed by atoms with Crippen LogP contribution in [-0.4, -0.2) is 26.5 Å². The molecule has 3 heterocycles. The van der Waals surface area contributed by atoms with Crippen LogP contribution >= 0.6 is 11.6 Å². The van der Waals surface area contributed by atoms with Crippen LogP contribution in [-0.2, 0) is 19.6 Å². The zero-order chi connectivity index (χ0) is 15.1. The normalized spacial score (nSPS) is 13.8. The number of benzene rings is 1. The molecule has 1 aliphatic rings. The highest BCUT2D eigenvalue weighted by atomic mass is 35.5. The first-order valence-electron chi connectivity index (χ1n) is 7.21. The Labute approximate surface area is 132 Å². The van der Waals surface area contributed by atoms with Crippen LogP contribution in [0.25, 0.3) is 10.9 Å². The van der Waals surface area contributed by atoms with Crippen molar-refractivity contribution in [3.05, 3.63) is 52.8 Å². The average molecular weight is 315 g/mol. The molecule has 0 atom stereocenters. The van der Waals surface area contributed by atoms with E-state index >= 15 is 0 Å². The maximum Gasteiger partial charge on any atom is 0.129 e. The number of aromatic nitrogens is 3. The Balaban J connectivity index is 1.68. The molecule has 0 saturated heterocycles. The van der Waals surface area contributed by atoms with Crippen LogP contribution in [0.1, 0.15) is 11.3 Å². The molecule has 1 aliphatic heterocycles. The minimum absolute atomic E-state index is 0.0952. The van der Waals surface area contributed by atoms with Crippen LogP contribution in [0, 0.1) is 0 Å². The lowest BCUT2D eigenvalue weighted by molar-refractivity contribution is 0.267. The fraction of sp³-hybridized carbons (Fsp3) is 0.250. The van der Waals surface area contributed by atoms with E-state index in [1.54, 1.807) is 0 Å². The number of hydrogen-bond acceptors (Lipinski definition) is 4. The number of rotatable bonds is 3. The van der Waals surface area contributed by atoms with Crippen molar-refractivity contribution in [2.75, 3.05) is 11.5 Å². The van der Waals surface area contributed by atoms with Gasteiger partial charge < -0.3 is 10.0 Å². The third-order valence-corrected chi connectivity index (χ3v) is 4.33. The summed E-state index contributed by atoms with van der Waals surface area (Å²) in [6.45, 7) is 2.15. The van der Waals surface area contributed by atoms with Crippen molar-refractivity contribution in [2.24, 2.45) is 0 Å². The molecule has 112 valence electrons. The van der Waals surface area contributed by atoms with Crippen LogP contribution in [0.15, 0.2) is 36.5 Å². The lowest BCUT2D eigenvalue weighted by Gasteiger charge is -2.17.